The summed E-state index contributed by atoms with van der Waals surface area (Å²) >= 11 is 0. The number of hydrogen-bond donors (Lipinski definition) is 0. The lowest BCUT2D eigenvalue weighted by atomic mass is 10.1. The van der Waals surface area contributed by atoms with Crippen molar-refractivity contribution in [1.82, 2.24) is 0 Å². The summed E-state index contributed by atoms with van der Waals surface area (Å²) < 4.78 is 4.60. The van der Waals surface area contributed by atoms with Gasteiger partial charge in [-0.25, -0.2) is 4.79 Å². The molecular formula is C11H18O3. The highest BCUT2D eigenvalue weighted by Crippen LogP contribution is 2.09. The first-order valence-corrected chi connectivity index (χ1v) is 4.94. The van der Waals surface area contributed by atoms with Gasteiger partial charge in [0.15, 0.2) is 0 Å². The molecule has 1 unspecified atom stereocenters. The summed E-state index contributed by atoms with van der Waals surface area (Å²) in [7, 11) is 0. The predicted molar refractivity (Wildman–Crippen MR) is 54.6 cm³/mol. The van der Waals surface area contributed by atoms with E-state index in [4.69, 9.17) is 0 Å². The van der Waals surface area contributed by atoms with Crippen LogP contribution in [0.3, 0.4) is 0 Å². The van der Waals surface area contributed by atoms with Gasteiger partial charge in [-0.1, -0.05) is 33.8 Å². The van der Waals surface area contributed by atoms with E-state index < -0.39 is 11.9 Å². The van der Waals surface area contributed by atoms with Gasteiger partial charge in [0.2, 0.25) is 0 Å². The summed E-state index contributed by atoms with van der Waals surface area (Å²) in [5.41, 5.74) is 0.336. The van der Waals surface area contributed by atoms with Crippen molar-refractivity contribution in [2.24, 2.45) is 5.92 Å². The third kappa shape index (κ3) is 4.80. The molecule has 3 nitrogen and oxygen atoms in total. The molecule has 0 saturated carbocycles. The third-order valence-corrected chi connectivity index (χ3v) is 2.13. The van der Waals surface area contributed by atoms with Gasteiger partial charge >= 0.3 is 11.9 Å². The maximum atomic E-state index is 11.2. The molecule has 0 aliphatic carbocycles. The molecule has 80 valence electrons. The Morgan fingerprint density at radius 3 is 2.36 bits per heavy atom. The number of ether oxygens (including phenoxy) is 1. The van der Waals surface area contributed by atoms with Gasteiger partial charge in [0.1, 0.15) is 0 Å². The molecule has 0 saturated heterocycles. The van der Waals surface area contributed by atoms with Crippen molar-refractivity contribution in [2.75, 3.05) is 0 Å². The van der Waals surface area contributed by atoms with Crippen LogP contribution in [0.2, 0.25) is 0 Å². The molecule has 0 aliphatic heterocycles. The van der Waals surface area contributed by atoms with Gasteiger partial charge in [0.05, 0.1) is 0 Å². The van der Waals surface area contributed by atoms with Gasteiger partial charge in [-0.05, 0) is 12.3 Å². The highest BCUT2D eigenvalue weighted by atomic mass is 16.6. The van der Waals surface area contributed by atoms with E-state index in [9.17, 15) is 9.59 Å². The molecule has 0 radical (unpaired) electrons. The molecule has 0 fully saturated rings. The molecule has 0 aromatic carbocycles. The molecule has 1 atom stereocenters. The zero-order chi connectivity index (χ0) is 11.1. The maximum Gasteiger partial charge on any atom is 0.341 e. The molecule has 0 bridgehead atoms. The highest BCUT2D eigenvalue weighted by molar-refractivity contribution is 5.95. The first kappa shape index (κ1) is 12.9. The number of hydrogen-bond acceptors (Lipinski definition) is 3. The van der Waals surface area contributed by atoms with Crippen molar-refractivity contribution in [3.8, 4) is 0 Å². The SMILES string of the molecule is C=C(CC)C(=O)OC(=O)CC(C)CC. The summed E-state index contributed by atoms with van der Waals surface area (Å²) in [6.07, 6.45) is 1.70. The first-order chi connectivity index (χ1) is 6.51. The summed E-state index contributed by atoms with van der Waals surface area (Å²) in [6, 6.07) is 0. The minimum Gasteiger partial charge on any atom is -0.390 e. The quantitative estimate of drug-likeness (QED) is 0.387. The highest BCUT2D eigenvalue weighted by Gasteiger charge is 2.14. The van der Waals surface area contributed by atoms with Crippen molar-refractivity contribution < 1.29 is 14.3 Å². The Labute approximate surface area is 85.1 Å². The molecule has 0 spiro atoms. The van der Waals surface area contributed by atoms with Crippen molar-refractivity contribution in [3.63, 3.8) is 0 Å². The second-order valence-corrected chi connectivity index (χ2v) is 3.44. The molecular weight excluding hydrogens is 180 g/mol. The Morgan fingerprint density at radius 1 is 1.36 bits per heavy atom. The lowest BCUT2D eigenvalue weighted by Crippen LogP contribution is -2.15. The summed E-state index contributed by atoms with van der Waals surface area (Å²) in [5, 5.41) is 0. The second-order valence-electron chi connectivity index (χ2n) is 3.44. The average molecular weight is 198 g/mol. The van der Waals surface area contributed by atoms with Gasteiger partial charge in [-0.15, -0.1) is 0 Å². The topological polar surface area (TPSA) is 43.4 Å². The van der Waals surface area contributed by atoms with Gasteiger partial charge in [-0.2, -0.15) is 0 Å². The minimum absolute atomic E-state index is 0.255. The molecule has 0 aliphatic rings. The van der Waals surface area contributed by atoms with Gasteiger partial charge in [0, 0.05) is 12.0 Å². The van der Waals surface area contributed by atoms with Crippen molar-refractivity contribution >= 4 is 11.9 Å². The van der Waals surface area contributed by atoms with Crippen LogP contribution in [0.5, 0.6) is 0 Å². The van der Waals surface area contributed by atoms with Crippen LogP contribution in [0, 0.1) is 5.92 Å². The van der Waals surface area contributed by atoms with Crippen LogP contribution < -0.4 is 0 Å². The number of rotatable bonds is 5. The van der Waals surface area contributed by atoms with Gasteiger partial charge in [-0.3, -0.25) is 4.79 Å². The predicted octanol–water partition coefficient (Wildman–Crippen LogP) is 2.46. The normalized spacial score (nSPS) is 11.9. The maximum absolute atomic E-state index is 11.2. The van der Waals surface area contributed by atoms with Crippen molar-refractivity contribution in [2.45, 2.75) is 40.0 Å². The first-order valence-electron chi connectivity index (χ1n) is 4.94. The Bertz CT molecular complexity index is 231. The second kappa shape index (κ2) is 6.35. The molecule has 0 N–H and O–H groups in total. The van der Waals surface area contributed by atoms with Crippen LogP contribution in [0.15, 0.2) is 12.2 Å². The summed E-state index contributed by atoms with van der Waals surface area (Å²) in [6.45, 7) is 9.23. The van der Waals surface area contributed by atoms with Crippen LogP contribution in [0.1, 0.15) is 40.0 Å². The minimum atomic E-state index is -0.596. The van der Waals surface area contributed by atoms with E-state index in [2.05, 4.69) is 11.3 Å². The zero-order valence-corrected chi connectivity index (χ0v) is 9.13. The molecule has 0 rings (SSSR count). The van der Waals surface area contributed by atoms with Crippen molar-refractivity contribution in [1.29, 1.82) is 0 Å². The smallest absolute Gasteiger partial charge is 0.341 e. The summed E-state index contributed by atoms with van der Waals surface area (Å²) in [5.74, 6) is -0.801. The Kier molecular flexibility index (Phi) is 5.84. The van der Waals surface area contributed by atoms with Crippen LogP contribution in [-0.2, 0) is 14.3 Å². The van der Waals surface area contributed by atoms with E-state index in [1.807, 2.05) is 13.8 Å². The Hall–Kier alpha value is -1.12. The number of carbonyl (C=O) groups excluding carboxylic acids is 2. The third-order valence-electron chi connectivity index (χ3n) is 2.13. The fourth-order valence-corrected chi connectivity index (χ4v) is 0.790. The Morgan fingerprint density at radius 2 is 1.93 bits per heavy atom. The fraction of sp³-hybridized carbons (Fsp3) is 0.636. The molecule has 0 aromatic heterocycles. The lowest BCUT2D eigenvalue weighted by Gasteiger charge is -2.07. The average Bonchev–Trinajstić information content (AvgIpc) is 2.15. The molecule has 0 heterocycles. The van der Waals surface area contributed by atoms with Crippen LogP contribution >= 0.6 is 0 Å². The van der Waals surface area contributed by atoms with E-state index in [0.29, 0.717) is 18.4 Å². The molecule has 0 amide bonds. The van der Waals surface area contributed by atoms with Crippen LogP contribution in [0.25, 0.3) is 0 Å². The van der Waals surface area contributed by atoms with Gasteiger partial charge in [0.25, 0.3) is 0 Å². The number of esters is 2. The largest absolute Gasteiger partial charge is 0.390 e. The lowest BCUT2D eigenvalue weighted by molar-refractivity contribution is -0.157. The summed E-state index contributed by atoms with van der Waals surface area (Å²) in [4.78, 5) is 22.3. The van der Waals surface area contributed by atoms with E-state index in [0.717, 1.165) is 6.42 Å². The zero-order valence-electron chi connectivity index (χ0n) is 9.13. The molecule has 0 aromatic rings. The monoisotopic (exact) mass is 198 g/mol. The Balaban J connectivity index is 3.95. The van der Waals surface area contributed by atoms with E-state index in [-0.39, 0.29) is 5.92 Å². The van der Waals surface area contributed by atoms with E-state index >= 15 is 0 Å². The standard InChI is InChI=1S/C11H18O3/c1-5-8(3)7-10(12)14-11(13)9(4)6-2/h8H,4-7H2,1-3H3. The van der Waals surface area contributed by atoms with Gasteiger partial charge < -0.3 is 4.74 Å². The van der Waals surface area contributed by atoms with Crippen LogP contribution in [0.4, 0.5) is 0 Å². The van der Waals surface area contributed by atoms with Crippen molar-refractivity contribution in [3.05, 3.63) is 12.2 Å². The molecule has 3 heteroatoms. The van der Waals surface area contributed by atoms with E-state index in [1.54, 1.807) is 6.92 Å². The van der Waals surface area contributed by atoms with Crippen LogP contribution in [-0.4, -0.2) is 11.9 Å². The number of carbonyl (C=O) groups is 2. The van der Waals surface area contributed by atoms with E-state index in [1.165, 1.54) is 0 Å². The fourth-order valence-electron chi connectivity index (χ4n) is 0.790. The molecule has 14 heavy (non-hydrogen) atoms.